The Morgan fingerprint density at radius 2 is 1.02 bits per heavy atom. The fraction of sp³-hybridized carbons (Fsp3) is 0. The highest BCUT2D eigenvalue weighted by Gasteiger charge is 2.18. The van der Waals surface area contributed by atoms with Gasteiger partial charge >= 0.3 is 0 Å². The zero-order valence-electron chi connectivity index (χ0n) is 25.0. The van der Waals surface area contributed by atoms with E-state index in [1.807, 2.05) is 28.9 Å². The number of hydrogen-bond donors (Lipinski definition) is 0. The topological polar surface area (TPSA) is 35.6 Å². The number of fused-ring (bicyclic) bond motifs is 5. The lowest BCUT2D eigenvalue weighted by atomic mass is 9.99. The first kappa shape index (κ1) is 26.2. The van der Waals surface area contributed by atoms with Crippen molar-refractivity contribution in [3.05, 3.63) is 170 Å². The molecule has 3 aromatic heterocycles. The molecule has 0 saturated heterocycles. The molecular formula is C42H28N4. The molecule has 0 aliphatic rings. The van der Waals surface area contributed by atoms with Crippen LogP contribution >= 0.6 is 0 Å². The van der Waals surface area contributed by atoms with Crippen LogP contribution in [0.15, 0.2) is 170 Å². The molecule has 0 spiro atoms. The maximum absolute atomic E-state index is 5.22. The normalized spacial score (nSPS) is 11.5. The summed E-state index contributed by atoms with van der Waals surface area (Å²) in [5.74, 6) is 0. The minimum atomic E-state index is 0.945. The van der Waals surface area contributed by atoms with Gasteiger partial charge in [-0.25, -0.2) is 9.67 Å². The second-order valence-corrected chi connectivity index (χ2v) is 11.6. The second-order valence-electron chi connectivity index (χ2n) is 11.6. The van der Waals surface area contributed by atoms with Gasteiger partial charge in [0.15, 0.2) is 0 Å². The van der Waals surface area contributed by atoms with Gasteiger partial charge in [0.05, 0.1) is 33.6 Å². The summed E-state index contributed by atoms with van der Waals surface area (Å²) in [6.45, 7) is 0. The smallest absolute Gasteiger partial charge is 0.0949 e. The summed E-state index contributed by atoms with van der Waals surface area (Å²) in [5, 5.41) is 8.45. The second kappa shape index (κ2) is 10.7. The average molecular weight is 589 g/mol. The maximum atomic E-state index is 5.22. The van der Waals surface area contributed by atoms with E-state index in [0.717, 1.165) is 61.4 Å². The van der Waals surface area contributed by atoms with Crippen LogP contribution in [0.2, 0.25) is 0 Å². The molecule has 0 unspecified atom stereocenters. The first-order chi connectivity index (χ1) is 22.8. The van der Waals surface area contributed by atoms with E-state index in [1.54, 1.807) is 0 Å². The predicted molar refractivity (Wildman–Crippen MR) is 190 cm³/mol. The predicted octanol–water partition coefficient (Wildman–Crippen LogP) is 10.5. The number of nitrogens with zero attached hydrogens (tertiary/aromatic N) is 4. The van der Waals surface area contributed by atoms with E-state index in [4.69, 9.17) is 10.1 Å². The zero-order chi connectivity index (χ0) is 30.5. The molecule has 216 valence electrons. The average Bonchev–Trinajstić information content (AvgIpc) is 3.72. The number of para-hydroxylation sites is 2. The van der Waals surface area contributed by atoms with Gasteiger partial charge in [0.2, 0.25) is 0 Å². The van der Waals surface area contributed by atoms with Crippen LogP contribution in [-0.4, -0.2) is 19.3 Å². The van der Waals surface area contributed by atoms with Gasteiger partial charge in [-0.15, -0.1) is 0 Å². The molecule has 46 heavy (non-hydrogen) atoms. The highest BCUT2D eigenvalue weighted by Crippen LogP contribution is 2.39. The molecule has 0 amide bonds. The van der Waals surface area contributed by atoms with E-state index in [9.17, 15) is 0 Å². The van der Waals surface area contributed by atoms with Gasteiger partial charge in [0.25, 0.3) is 0 Å². The Hall–Kier alpha value is -6.26. The molecule has 9 aromatic rings. The molecule has 6 aromatic carbocycles. The van der Waals surface area contributed by atoms with Crippen molar-refractivity contribution in [1.82, 2.24) is 19.3 Å². The number of hydrogen-bond acceptors (Lipinski definition) is 2. The molecule has 4 nitrogen and oxygen atoms in total. The van der Waals surface area contributed by atoms with Crippen molar-refractivity contribution in [2.45, 2.75) is 0 Å². The summed E-state index contributed by atoms with van der Waals surface area (Å²) < 4.78 is 4.35. The van der Waals surface area contributed by atoms with Crippen LogP contribution in [-0.2, 0) is 0 Å². The molecule has 4 heteroatoms. The zero-order valence-corrected chi connectivity index (χ0v) is 25.0. The van der Waals surface area contributed by atoms with E-state index in [0.29, 0.717) is 0 Å². The molecule has 0 saturated carbocycles. The summed E-state index contributed by atoms with van der Waals surface area (Å²) in [4.78, 5) is 5.22. The van der Waals surface area contributed by atoms with Gasteiger partial charge in [-0.1, -0.05) is 103 Å². The third-order valence-electron chi connectivity index (χ3n) is 8.75. The summed E-state index contributed by atoms with van der Waals surface area (Å²) in [7, 11) is 0. The van der Waals surface area contributed by atoms with Gasteiger partial charge in [0, 0.05) is 39.2 Å². The van der Waals surface area contributed by atoms with Crippen molar-refractivity contribution in [1.29, 1.82) is 0 Å². The Balaban J connectivity index is 1.30. The molecule has 0 radical (unpaired) electrons. The first-order valence-electron chi connectivity index (χ1n) is 15.5. The summed E-state index contributed by atoms with van der Waals surface area (Å²) >= 11 is 0. The fourth-order valence-corrected chi connectivity index (χ4v) is 6.55. The quantitative estimate of drug-likeness (QED) is 0.200. The van der Waals surface area contributed by atoms with Gasteiger partial charge in [-0.05, 0) is 71.8 Å². The van der Waals surface area contributed by atoms with E-state index >= 15 is 0 Å². The van der Waals surface area contributed by atoms with Crippen molar-refractivity contribution in [2.24, 2.45) is 0 Å². The first-order valence-corrected chi connectivity index (χ1v) is 15.5. The van der Waals surface area contributed by atoms with E-state index < -0.39 is 0 Å². The molecule has 3 heterocycles. The Kier molecular flexibility index (Phi) is 6.10. The molecule has 0 N–H and O–H groups in total. The Labute approximate surface area is 266 Å². The Bertz CT molecular complexity index is 2440. The van der Waals surface area contributed by atoms with Gasteiger partial charge < -0.3 is 4.57 Å². The molecule has 0 aliphatic heterocycles. The summed E-state index contributed by atoms with van der Waals surface area (Å²) in [6.07, 6.45) is 2.16. The highest BCUT2D eigenvalue weighted by molar-refractivity contribution is 6.18. The Morgan fingerprint density at radius 3 is 1.72 bits per heavy atom. The van der Waals surface area contributed by atoms with Gasteiger partial charge in [-0.3, -0.25) is 0 Å². The third kappa shape index (κ3) is 4.39. The van der Waals surface area contributed by atoms with Crippen LogP contribution in [0.1, 0.15) is 0 Å². The molecule has 0 aliphatic carbocycles. The van der Waals surface area contributed by atoms with Crippen molar-refractivity contribution < 1.29 is 0 Å². The van der Waals surface area contributed by atoms with Crippen LogP contribution in [0.5, 0.6) is 0 Å². The van der Waals surface area contributed by atoms with Crippen LogP contribution in [0.25, 0.3) is 77.7 Å². The SMILES string of the molecule is c1ccc(-c2cc(-c3ccccc3)nc(-c3ccc4c(c3)c3ccc5nn(-c6ccccc6)cc5c3n4-c3ccccc3)c2)cc1. The number of pyridine rings is 1. The largest absolute Gasteiger partial charge is 0.309 e. The number of benzene rings is 6. The maximum Gasteiger partial charge on any atom is 0.0949 e. The number of rotatable bonds is 5. The molecule has 0 fully saturated rings. The van der Waals surface area contributed by atoms with Crippen molar-refractivity contribution in [3.63, 3.8) is 0 Å². The van der Waals surface area contributed by atoms with Gasteiger partial charge in [-0.2, -0.15) is 5.10 Å². The fourth-order valence-electron chi connectivity index (χ4n) is 6.55. The van der Waals surface area contributed by atoms with Crippen LogP contribution < -0.4 is 0 Å². The van der Waals surface area contributed by atoms with Gasteiger partial charge in [0.1, 0.15) is 0 Å². The standard InChI is InChI=1S/C42H28N4/c1-5-13-29(14-6-1)32-26-39(30-15-7-2-8-16-30)43-40(27-32)31-21-24-41-36(25-31)35-22-23-38-37(28-45(44-38)33-17-9-3-10-18-33)42(35)46(41)34-19-11-4-12-20-34/h1-28H. The monoisotopic (exact) mass is 588 g/mol. The van der Waals surface area contributed by atoms with Crippen LogP contribution in [0.4, 0.5) is 0 Å². The lowest BCUT2D eigenvalue weighted by Gasteiger charge is -2.11. The summed E-state index contributed by atoms with van der Waals surface area (Å²) in [5.41, 5.74) is 11.8. The molecule has 0 atom stereocenters. The summed E-state index contributed by atoms with van der Waals surface area (Å²) in [6, 6.07) is 57.4. The Morgan fingerprint density at radius 1 is 0.413 bits per heavy atom. The lowest BCUT2D eigenvalue weighted by Crippen LogP contribution is -1.94. The van der Waals surface area contributed by atoms with E-state index in [-0.39, 0.29) is 0 Å². The van der Waals surface area contributed by atoms with Crippen molar-refractivity contribution in [3.8, 4) is 45.0 Å². The number of aromatic nitrogens is 4. The van der Waals surface area contributed by atoms with Crippen LogP contribution in [0, 0.1) is 0 Å². The minimum Gasteiger partial charge on any atom is -0.309 e. The molecule has 9 rings (SSSR count). The lowest BCUT2D eigenvalue weighted by molar-refractivity contribution is 0.896. The molecule has 0 bridgehead atoms. The van der Waals surface area contributed by atoms with Crippen molar-refractivity contribution >= 4 is 32.7 Å². The highest BCUT2D eigenvalue weighted by atomic mass is 15.3. The minimum absolute atomic E-state index is 0.945. The van der Waals surface area contributed by atoms with E-state index in [2.05, 4.69) is 150 Å². The molecular weight excluding hydrogens is 560 g/mol. The van der Waals surface area contributed by atoms with Crippen molar-refractivity contribution in [2.75, 3.05) is 0 Å². The van der Waals surface area contributed by atoms with E-state index in [1.165, 1.54) is 16.3 Å². The van der Waals surface area contributed by atoms with Crippen LogP contribution in [0.3, 0.4) is 0 Å². The third-order valence-corrected chi connectivity index (χ3v) is 8.75.